The molecule has 0 unspecified atom stereocenters. The van der Waals surface area contributed by atoms with Gasteiger partial charge in [-0.25, -0.2) is 4.68 Å². The van der Waals surface area contributed by atoms with Crippen LogP contribution in [0.4, 0.5) is 5.69 Å². The Kier molecular flexibility index (Phi) is 7.26. The third kappa shape index (κ3) is 5.39. The lowest BCUT2D eigenvalue weighted by Gasteiger charge is -2.17. The van der Waals surface area contributed by atoms with Crippen molar-refractivity contribution in [2.24, 2.45) is 0 Å². The molecule has 0 radical (unpaired) electrons. The molecular formula is C22H21Cl3N4O2. The topological polar surface area (TPSA) is 67.2 Å². The number of carbonyl (C=O) groups is 2. The van der Waals surface area contributed by atoms with Crippen LogP contribution in [-0.4, -0.2) is 40.1 Å². The molecular weight excluding hydrogens is 459 g/mol. The first-order valence-corrected chi connectivity index (χ1v) is 10.6. The second-order valence-corrected chi connectivity index (χ2v) is 8.37. The number of likely N-dealkylation sites (N-methyl/N-ethyl adjacent to an activating group) is 1. The highest BCUT2D eigenvalue weighted by Gasteiger charge is 2.25. The zero-order valence-electron chi connectivity index (χ0n) is 17.2. The molecule has 0 aliphatic rings. The smallest absolute Gasteiger partial charge is 0.259 e. The predicted molar refractivity (Wildman–Crippen MR) is 124 cm³/mol. The number of nitrogens with zero attached hydrogens (tertiary/aromatic N) is 3. The van der Waals surface area contributed by atoms with Crippen LogP contribution in [0.15, 0.2) is 42.5 Å². The first-order chi connectivity index (χ1) is 14.7. The second-order valence-electron chi connectivity index (χ2n) is 7.20. The number of nitrogens with one attached hydrogen (secondary N) is 1. The molecule has 0 saturated carbocycles. The van der Waals surface area contributed by atoms with Crippen LogP contribution < -0.4 is 5.32 Å². The summed E-state index contributed by atoms with van der Waals surface area (Å²) in [6.07, 6.45) is 0. The van der Waals surface area contributed by atoms with Crippen LogP contribution in [0.2, 0.25) is 15.2 Å². The molecule has 0 atom stereocenters. The Morgan fingerprint density at radius 2 is 1.65 bits per heavy atom. The summed E-state index contributed by atoms with van der Waals surface area (Å²) in [5.74, 6) is -0.843. The molecule has 3 aromatic rings. The van der Waals surface area contributed by atoms with Gasteiger partial charge < -0.3 is 10.2 Å². The van der Waals surface area contributed by atoms with Gasteiger partial charge >= 0.3 is 0 Å². The number of carbonyl (C=O) groups excluding carboxylic acids is 2. The quantitative estimate of drug-likeness (QED) is 0.527. The zero-order valence-corrected chi connectivity index (χ0v) is 19.5. The Hall–Kier alpha value is -2.54. The number of aromatic nitrogens is 2. The van der Waals surface area contributed by atoms with Gasteiger partial charge in [0.2, 0.25) is 5.91 Å². The highest BCUT2D eigenvalue weighted by molar-refractivity contribution is 6.39. The number of amides is 2. The largest absolute Gasteiger partial charge is 0.332 e. The van der Waals surface area contributed by atoms with Crippen molar-refractivity contribution in [1.82, 2.24) is 14.7 Å². The van der Waals surface area contributed by atoms with Crippen LogP contribution >= 0.6 is 34.8 Å². The number of rotatable bonds is 6. The third-order valence-electron chi connectivity index (χ3n) is 4.69. The van der Waals surface area contributed by atoms with Gasteiger partial charge in [-0.15, -0.1) is 0 Å². The molecule has 0 spiro atoms. The van der Waals surface area contributed by atoms with Gasteiger partial charge in [-0.2, -0.15) is 5.10 Å². The maximum absolute atomic E-state index is 13.0. The van der Waals surface area contributed by atoms with Gasteiger partial charge in [0.25, 0.3) is 5.91 Å². The molecule has 2 aromatic carbocycles. The third-order valence-corrected chi connectivity index (χ3v) is 5.70. The second kappa shape index (κ2) is 9.73. The molecule has 1 aromatic heterocycles. The lowest BCUT2D eigenvalue weighted by molar-refractivity contribution is -0.116. The lowest BCUT2D eigenvalue weighted by atomic mass is 10.1. The molecule has 162 valence electrons. The van der Waals surface area contributed by atoms with Crippen molar-refractivity contribution >= 4 is 52.3 Å². The summed E-state index contributed by atoms with van der Waals surface area (Å²) in [5, 5.41) is 7.89. The normalized spacial score (nSPS) is 10.8. The Balaban J connectivity index is 1.72. The summed E-state index contributed by atoms with van der Waals surface area (Å²) in [7, 11) is 1.52. The van der Waals surface area contributed by atoms with Crippen molar-refractivity contribution in [2.45, 2.75) is 20.4 Å². The lowest BCUT2D eigenvalue weighted by Crippen LogP contribution is -2.35. The molecule has 0 aliphatic carbocycles. The van der Waals surface area contributed by atoms with Crippen molar-refractivity contribution in [3.05, 3.63) is 80.0 Å². The van der Waals surface area contributed by atoms with E-state index in [1.807, 2.05) is 31.2 Å². The predicted octanol–water partition coefficient (Wildman–Crippen LogP) is 5.22. The molecule has 2 amide bonds. The molecule has 0 aliphatic heterocycles. The Morgan fingerprint density at radius 1 is 1.03 bits per heavy atom. The maximum atomic E-state index is 13.0. The summed E-state index contributed by atoms with van der Waals surface area (Å²) in [6, 6.07) is 12.9. The number of anilines is 1. The first kappa shape index (κ1) is 23.1. The highest BCUT2D eigenvalue weighted by atomic mass is 35.5. The van der Waals surface area contributed by atoms with Crippen molar-refractivity contribution < 1.29 is 9.59 Å². The molecule has 6 nitrogen and oxygen atoms in total. The molecule has 9 heteroatoms. The minimum absolute atomic E-state index is 0.209. The Labute approximate surface area is 195 Å². The molecule has 3 rings (SSSR count). The number of para-hydroxylation sites is 1. The van der Waals surface area contributed by atoms with Crippen LogP contribution in [0.1, 0.15) is 27.2 Å². The van der Waals surface area contributed by atoms with E-state index in [0.717, 1.165) is 11.1 Å². The fraction of sp³-hybridized carbons (Fsp3) is 0.227. The molecule has 0 fully saturated rings. The van der Waals surface area contributed by atoms with Gasteiger partial charge in [0.05, 0.1) is 40.1 Å². The van der Waals surface area contributed by atoms with Crippen LogP contribution in [0, 0.1) is 13.8 Å². The molecule has 0 saturated heterocycles. The highest BCUT2D eigenvalue weighted by Crippen LogP contribution is 2.29. The monoisotopic (exact) mass is 478 g/mol. The van der Waals surface area contributed by atoms with Gasteiger partial charge in [0.15, 0.2) is 0 Å². The maximum Gasteiger partial charge on any atom is 0.259 e. The van der Waals surface area contributed by atoms with Crippen LogP contribution in [0.3, 0.4) is 0 Å². The van der Waals surface area contributed by atoms with Crippen LogP contribution in [0.25, 0.3) is 0 Å². The SMILES string of the molecule is Cc1ccc(Cn2nc(C)c(C(=O)N(C)CC(=O)Nc3c(Cl)cccc3Cl)c2Cl)cc1. The van der Waals surface area contributed by atoms with Crippen molar-refractivity contribution in [3.8, 4) is 0 Å². The van der Waals surface area contributed by atoms with Crippen molar-refractivity contribution in [2.75, 3.05) is 18.9 Å². The fourth-order valence-electron chi connectivity index (χ4n) is 3.04. The van der Waals surface area contributed by atoms with E-state index in [1.54, 1.807) is 29.8 Å². The van der Waals surface area contributed by atoms with Crippen molar-refractivity contribution in [1.29, 1.82) is 0 Å². The number of hydrogen-bond donors (Lipinski definition) is 1. The Bertz CT molecular complexity index is 1110. The minimum atomic E-state index is -0.438. The van der Waals surface area contributed by atoms with Gasteiger partial charge in [-0.3, -0.25) is 9.59 Å². The molecule has 0 bridgehead atoms. The average Bonchev–Trinajstić information content (AvgIpc) is 2.99. The average molecular weight is 480 g/mol. The summed E-state index contributed by atoms with van der Waals surface area (Å²) < 4.78 is 1.58. The summed E-state index contributed by atoms with van der Waals surface area (Å²) >= 11 is 18.6. The fourth-order valence-corrected chi connectivity index (χ4v) is 3.85. The van der Waals surface area contributed by atoms with E-state index < -0.39 is 11.8 Å². The van der Waals surface area contributed by atoms with E-state index in [1.165, 1.54) is 11.9 Å². The molecule has 31 heavy (non-hydrogen) atoms. The van der Waals surface area contributed by atoms with E-state index in [4.69, 9.17) is 34.8 Å². The van der Waals surface area contributed by atoms with Gasteiger partial charge in [-0.05, 0) is 31.5 Å². The van der Waals surface area contributed by atoms with Crippen LogP contribution in [0.5, 0.6) is 0 Å². The van der Waals surface area contributed by atoms with E-state index in [9.17, 15) is 9.59 Å². The Morgan fingerprint density at radius 3 is 2.26 bits per heavy atom. The van der Waals surface area contributed by atoms with Gasteiger partial charge in [-0.1, -0.05) is 70.7 Å². The number of halogens is 3. The molecule has 1 heterocycles. The summed E-state index contributed by atoms with van der Waals surface area (Å²) in [4.78, 5) is 26.7. The zero-order chi connectivity index (χ0) is 22.7. The van der Waals surface area contributed by atoms with E-state index in [2.05, 4.69) is 10.4 Å². The van der Waals surface area contributed by atoms with Crippen LogP contribution in [-0.2, 0) is 11.3 Å². The van der Waals surface area contributed by atoms with E-state index in [0.29, 0.717) is 28.0 Å². The standard InChI is InChI=1S/C22H21Cl3N4O2/c1-13-7-9-15(10-8-13)11-29-21(25)19(14(2)27-29)22(31)28(3)12-18(30)26-20-16(23)5-4-6-17(20)24/h4-10H,11-12H2,1-3H3,(H,26,30). The van der Waals surface area contributed by atoms with E-state index >= 15 is 0 Å². The number of hydrogen-bond acceptors (Lipinski definition) is 3. The van der Waals surface area contributed by atoms with E-state index in [-0.39, 0.29) is 17.3 Å². The van der Waals surface area contributed by atoms with Gasteiger partial charge in [0.1, 0.15) is 5.15 Å². The number of aryl methyl sites for hydroxylation is 2. The molecule has 1 N–H and O–H groups in total. The minimum Gasteiger partial charge on any atom is -0.332 e. The number of benzene rings is 2. The van der Waals surface area contributed by atoms with Gasteiger partial charge in [0, 0.05) is 7.05 Å². The first-order valence-electron chi connectivity index (χ1n) is 9.45. The summed E-state index contributed by atoms with van der Waals surface area (Å²) in [5.41, 5.74) is 3.22. The summed E-state index contributed by atoms with van der Waals surface area (Å²) in [6.45, 7) is 3.95. The van der Waals surface area contributed by atoms with Crippen molar-refractivity contribution in [3.63, 3.8) is 0 Å².